The lowest BCUT2D eigenvalue weighted by Gasteiger charge is -2.28. The van der Waals surface area contributed by atoms with Gasteiger partial charge in [-0.25, -0.2) is 9.37 Å². The van der Waals surface area contributed by atoms with Gasteiger partial charge in [0.2, 0.25) is 0 Å². The van der Waals surface area contributed by atoms with Gasteiger partial charge in [0.25, 0.3) is 0 Å². The molecule has 2 saturated heterocycles. The Bertz CT molecular complexity index is 1250. The van der Waals surface area contributed by atoms with Crippen LogP contribution in [0, 0.1) is 11.7 Å². The van der Waals surface area contributed by atoms with Crippen LogP contribution in [0.15, 0.2) is 36.4 Å². The van der Waals surface area contributed by atoms with E-state index in [2.05, 4.69) is 22.1 Å². The number of aromatic nitrogens is 2. The lowest BCUT2D eigenvalue weighted by atomic mass is 9.77. The van der Waals surface area contributed by atoms with Crippen molar-refractivity contribution in [3.05, 3.63) is 47.8 Å². The van der Waals surface area contributed by atoms with Crippen LogP contribution in [-0.4, -0.2) is 58.5 Å². The van der Waals surface area contributed by atoms with E-state index in [0.717, 1.165) is 31.2 Å². The van der Waals surface area contributed by atoms with Crippen LogP contribution in [0.1, 0.15) is 50.5 Å². The number of fused-ring (bicyclic) bond motifs is 2. The van der Waals surface area contributed by atoms with Crippen molar-refractivity contribution in [1.29, 1.82) is 0 Å². The smallest absolute Gasteiger partial charge is 0.193 e. The summed E-state index contributed by atoms with van der Waals surface area (Å²) in [6.45, 7) is 2.23. The van der Waals surface area contributed by atoms with Crippen LogP contribution < -0.4 is 4.74 Å². The van der Waals surface area contributed by atoms with E-state index in [9.17, 15) is 9.90 Å². The first kappa shape index (κ1) is 23.6. The summed E-state index contributed by atoms with van der Waals surface area (Å²) in [6.07, 6.45) is 3.33. The highest BCUT2D eigenvalue weighted by Crippen LogP contribution is 2.38. The number of nitrogens with zero attached hydrogens (tertiary/aromatic N) is 1. The Morgan fingerprint density at radius 3 is 2.61 bits per heavy atom. The van der Waals surface area contributed by atoms with Gasteiger partial charge in [-0.2, -0.15) is 0 Å². The van der Waals surface area contributed by atoms with Gasteiger partial charge >= 0.3 is 0 Å². The van der Waals surface area contributed by atoms with Gasteiger partial charge in [-0.15, -0.1) is 0 Å². The van der Waals surface area contributed by atoms with Crippen LogP contribution in [0.5, 0.6) is 5.88 Å². The van der Waals surface area contributed by atoms with E-state index < -0.39 is 11.9 Å². The van der Waals surface area contributed by atoms with Crippen molar-refractivity contribution >= 4 is 16.8 Å². The molecule has 190 valence electrons. The molecule has 2 aliphatic heterocycles. The molecule has 7 nitrogen and oxygen atoms in total. The third-order valence-corrected chi connectivity index (χ3v) is 7.87. The number of pyridine rings is 1. The number of ketones is 1. The van der Waals surface area contributed by atoms with Gasteiger partial charge in [0, 0.05) is 24.1 Å². The fraction of sp³-hybridized carbons (Fsp3) is 0.500. The van der Waals surface area contributed by atoms with Crippen molar-refractivity contribution in [2.45, 2.75) is 69.4 Å². The largest absolute Gasteiger partial charge is 0.470 e. The first-order valence-corrected chi connectivity index (χ1v) is 12.8. The Labute approximate surface area is 209 Å². The number of carbonyl (C=O) groups excluding carboxylic acids is 1. The van der Waals surface area contributed by atoms with Crippen molar-refractivity contribution in [3.63, 3.8) is 0 Å². The molecule has 4 atom stereocenters. The molecule has 3 aliphatic rings. The average Bonchev–Trinajstić information content (AvgIpc) is 3.55. The molecule has 0 radical (unpaired) electrons. The molecular weight excluding hydrogens is 463 g/mol. The highest BCUT2D eigenvalue weighted by molar-refractivity contribution is 5.81. The Balaban J connectivity index is 1.16. The van der Waals surface area contributed by atoms with Gasteiger partial charge in [-0.05, 0) is 50.0 Å². The zero-order valence-electron chi connectivity index (χ0n) is 20.3. The van der Waals surface area contributed by atoms with Crippen LogP contribution in [0.3, 0.4) is 0 Å². The molecule has 4 heterocycles. The maximum Gasteiger partial charge on any atom is 0.193 e. The van der Waals surface area contributed by atoms with Crippen LogP contribution in [0.25, 0.3) is 22.3 Å². The Morgan fingerprint density at radius 1 is 1.11 bits per heavy atom. The molecule has 0 bridgehead atoms. The Kier molecular flexibility index (Phi) is 6.27. The minimum atomic E-state index is -0.641. The number of aliphatic hydroxyl groups is 1. The number of halogens is 1. The quantitative estimate of drug-likeness (QED) is 0.523. The van der Waals surface area contributed by atoms with E-state index in [1.54, 1.807) is 13.0 Å². The predicted molar refractivity (Wildman–Crippen MR) is 131 cm³/mol. The number of hydrogen-bond donors (Lipinski definition) is 2. The van der Waals surface area contributed by atoms with Gasteiger partial charge in [-0.1, -0.05) is 24.3 Å². The maximum atomic E-state index is 15.0. The summed E-state index contributed by atoms with van der Waals surface area (Å²) in [5.74, 6) is 1.33. The first-order valence-electron chi connectivity index (χ1n) is 12.8. The second kappa shape index (κ2) is 9.57. The van der Waals surface area contributed by atoms with Crippen molar-refractivity contribution in [3.8, 4) is 17.1 Å². The zero-order chi connectivity index (χ0) is 24.8. The highest BCUT2D eigenvalue weighted by Gasteiger charge is 2.48. The number of aromatic amines is 1. The molecule has 1 aromatic carbocycles. The fourth-order valence-corrected chi connectivity index (χ4v) is 6.00. The van der Waals surface area contributed by atoms with Crippen molar-refractivity contribution in [2.24, 2.45) is 5.92 Å². The summed E-state index contributed by atoms with van der Waals surface area (Å²) in [6, 6.07) is 11.2. The van der Waals surface area contributed by atoms with Gasteiger partial charge < -0.3 is 29.1 Å². The number of aliphatic hydroxyl groups excluding tert-OH is 1. The summed E-state index contributed by atoms with van der Waals surface area (Å²) >= 11 is 0. The van der Waals surface area contributed by atoms with Crippen molar-refractivity contribution in [1.82, 2.24) is 9.97 Å². The number of ether oxygens (including phenoxy) is 3. The van der Waals surface area contributed by atoms with E-state index in [1.807, 2.05) is 12.1 Å². The number of hydrogen-bond acceptors (Lipinski definition) is 6. The van der Waals surface area contributed by atoms with Gasteiger partial charge in [-0.3, -0.25) is 0 Å². The molecule has 1 aliphatic carbocycles. The molecule has 6 rings (SSSR count). The summed E-state index contributed by atoms with van der Waals surface area (Å²) < 4.78 is 32.3. The molecule has 0 amide bonds. The number of Topliss-reactive ketones (excluding diaryl/α,β-unsaturated/α-hetero) is 1. The summed E-state index contributed by atoms with van der Waals surface area (Å²) in [7, 11) is 0. The minimum absolute atomic E-state index is 0.234. The maximum absolute atomic E-state index is 15.0. The van der Waals surface area contributed by atoms with Crippen molar-refractivity contribution < 1.29 is 28.5 Å². The monoisotopic (exact) mass is 494 g/mol. The van der Waals surface area contributed by atoms with E-state index >= 15 is 4.39 Å². The SMILES string of the molecule is CC(=O)CC1CCC(c2ccc(-c3nc4cc(O[C@@H]5CO[C@H]6[C@@H]5OC[C@H]6O)[nH]c4cc3F)cc2)CC1. The number of carbonyl (C=O) groups is 1. The van der Waals surface area contributed by atoms with Crippen LogP contribution in [0.4, 0.5) is 4.39 Å². The summed E-state index contributed by atoms with van der Waals surface area (Å²) in [5, 5.41) is 9.92. The number of rotatable bonds is 6. The standard InChI is InChI=1S/C28H31FN2O5/c1-15(32)10-16-2-4-17(5-3-16)18-6-8-19(9-7-18)26-20(29)11-21-22(31-26)12-25(30-21)36-24-14-35-27-23(33)13-34-28(24)27/h6-9,11-12,16-17,23-24,27-28,30,33H,2-5,10,13-14H2,1H3/t16?,17?,23-,24-,27-,28-/m1/s1. The average molecular weight is 495 g/mol. The molecule has 0 unspecified atom stereocenters. The third kappa shape index (κ3) is 4.53. The lowest BCUT2D eigenvalue weighted by Crippen LogP contribution is -2.34. The van der Waals surface area contributed by atoms with Crippen molar-refractivity contribution in [2.75, 3.05) is 13.2 Å². The first-order chi connectivity index (χ1) is 17.4. The second-order valence-electron chi connectivity index (χ2n) is 10.5. The number of nitrogens with one attached hydrogen (secondary N) is 1. The second-order valence-corrected chi connectivity index (χ2v) is 10.5. The van der Waals surface area contributed by atoms with E-state index in [0.29, 0.717) is 47.5 Å². The number of H-pyrrole nitrogens is 1. The molecular formula is C28H31FN2O5. The van der Waals surface area contributed by atoms with Crippen LogP contribution >= 0.6 is 0 Å². The van der Waals surface area contributed by atoms with Gasteiger partial charge in [0.15, 0.2) is 17.8 Å². The normalized spacial score (nSPS) is 30.0. The predicted octanol–water partition coefficient (Wildman–Crippen LogP) is 4.53. The third-order valence-electron chi connectivity index (χ3n) is 7.87. The van der Waals surface area contributed by atoms with Crippen LogP contribution in [0.2, 0.25) is 0 Å². The molecule has 2 aromatic heterocycles. The Morgan fingerprint density at radius 2 is 1.86 bits per heavy atom. The Hall–Kier alpha value is -2.81. The molecule has 3 fully saturated rings. The highest BCUT2D eigenvalue weighted by atomic mass is 19.1. The molecule has 2 N–H and O–H groups in total. The number of benzene rings is 1. The molecule has 1 saturated carbocycles. The summed E-state index contributed by atoms with van der Waals surface area (Å²) in [4.78, 5) is 19.1. The van der Waals surface area contributed by atoms with Crippen LogP contribution in [-0.2, 0) is 14.3 Å². The molecule has 3 aromatic rings. The topological polar surface area (TPSA) is 93.7 Å². The molecule has 36 heavy (non-hydrogen) atoms. The van der Waals surface area contributed by atoms with Gasteiger partial charge in [0.05, 0.1) is 24.2 Å². The summed E-state index contributed by atoms with van der Waals surface area (Å²) in [5.41, 5.74) is 3.45. The van der Waals surface area contributed by atoms with E-state index in [4.69, 9.17) is 14.2 Å². The van der Waals surface area contributed by atoms with E-state index in [1.165, 1.54) is 11.6 Å². The fourth-order valence-electron chi connectivity index (χ4n) is 6.00. The molecule has 0 spiro atoms. The van der Waals surface area contributed by atoms with Gasteiger partial charge in [0.1, 0.15) is 29.8 Å². The lowest BCUT2D eigenvalue weighted by molar-refractivity contribution is -0.118. The molecule has 8 heteroatoms. The van der Waals surface area contributed by atoms with E-state index in [-0.39, 0.29) is 30.7 Å². The zero-order valence-corrected chi connectivity index (χ0v) is 20.3. The minimum Gasteiger partial charge on any atom is -0.470 e.